The number of halogens is 5. The van der Waals surface area contributed by atoms with Crippen molar-refractivity contribution in [3.05, 3.63) is 46.8 Å². The monoisotopic (exact) mass is 588 g/mol. The van der Waals surface area contributed by atoms with Gasteiger partial charge in [0.05, 0.1) is 38.8 Å². The maximum Gasteiger partial charge on any atom is 0.393 e. The summed E-state index contributed by atoms with van der Waals surface area (Å²) in [5.74, 6) is 5.15. The van der Waals surface area contributed by atoms with Crippen LogP contribution in [0.5, 0.6) is 5.75 Å². The molecule has 0 bridgehead atoms. The van der Waals surface area contributed by atoms with Crippen molar-refractivity contribution >= 4 is 42.6 Å². The van der Waals surface area contributed by atoms with E-state index in [1.807, 2.05) is 6.07 Å². The number of fused-ring (bicyclic) bond motifs is 1. The highest BCUT2D eigenvalue weighted by Crippen LogP contribution is 2.39. The van der Waals surface area contributed by atoms with E-state index in [4.69, 9.17) is 4.74 Å². The Morgan fingerprint density at radius 2 is 1.90 bits per heavy atom. The Hall–Kier alpha value is -3.08. The lowest BCUT2D eigenvalue weighted by Gasteiger charge is -2.24. The van der Waals surface area contributed by atoms with Gasteiger partial charge in [0, 0.05) is 31.6 Å². The minimum Gasteiger partial charge on any atom is -0.433 e. The van der Waals surface area contributed by atoms with Gasteiger partial charge < -0.3 is 20.1 Å². The number of sulfone groups is 1. The second-order valence-electron chi connectivity index (χ2n) is 8.88. The van der Waals surface area contributed by atoms with E-state index in [0.717, 1.165) is 42.2 Å². The average Bonchev–Trinajstić information content (AvgIpc) is 3.19. The molecule has 4 rings (SSSR count). The molecule has 0 aliphatic carbocycles. The van der Waals surface area contributed by atoms with Crippen LogP contribution in [-0.4, -0.2) is 53.3 Å². The van der Waals surface area contributed by atoms with E-state index < -0.39 is 34.8 Å². The van der Waals surface area contributed by atoms with Crippen molar-refractivity contribution in [3.63, 3.8) is 0 Å². The van der Waals surface area contributed by atoms with Crippen LogP contribution in [0.15, 0.2) is 41.3 Å². The lowest BCUT2D eigenvalue weighted by Crippen LogP contribution is -2.27. The van der Waals surface area contributed by atoms with Crippen LogP contribution in [0.4, 0.5) is 33.3 Å². The highest BCUT2D eigenvalue weighted by molar-refractivity contribution is 7.90. The normalized spacial score (nSPS) is 14.7. The quantitative estimate of drug-likeness (QED) is 0.246. The summed E-state index contributed by atoms with van der Waals surface area (Å²) in [7, 11) is -3.67. The SMILES string of the molecule is CS(=O)(=O)c1ccc(NCC#Cc2sc3c(NC4CCOCC4)cccc3c2CC(F)(F)F)c(OC(F)F)c1. The van der Waals surface area contributed by atoms with Gasteiger partial charge in [-0.1, -0.05) is 24.0 Å². The maximum atomic E-state index is 13.5. The molecule has 2 aromatic carbocycles. The first-order chi connectivity index (χ1) is 18.4. The second-order valence-corrected chi connectivity index (χ2v) is 11.9. The molecule has 0 saturated carbocycles. The number of nitrogens with one attached hydrogen (secondary N) is 2. The number of anilines is 2. The minimum atomic E-state index is -4.45. The molecule has 2 N–H and O–H groups in total. The van der Waals surface area contributed by atoms with Gasteiger partial charge in [-0.15, -0.1) is 11.3 Å². The Morgan fingerprint density at radius 1 is 1.15 bits per heavy atom. The standard InChI is InChI=1S/C26H25F5N2O4S2/c1-39(34,35)17-7-8-20(22(14-17)37-25(27)28)32-11-3-6-23-19(15-26(29,30)31)18-4-2-5-21(24(18)38-23)33-16-9-12-36-13-10-16/h2,4-5,7-8,14,16,25,32-33H,9-13,15H2,1H3. The molecular weight excluding hydrogens is 563 g/mol. The predicted molar refractivity (Wildman–Crippen MR) is 141 cm³/mol. The molecule has 1 aromatic heterocycles. The van der Waals surface area contributed by atoms with Gasteiger partial charge in [-0.25, -0.2) is 8.42 Å². The van der Waals surface area contributed by atoms with Crippen molar-refractivity contribution < 1.29 is 39.8 Å². The molecule has 0 amide bonds. The van der Waals surface area contributed by atoms with E-state index in [2.05, 4.69) is 27.2 Å². The number of thiophene rings is 1. The third-order valence-corrected chi connectivity index (χ3v) is 8.25. The number of alkyl halides is 5. The molecule has 13 heteroatoms. The summed E-state index contributed by atoms with van der Waals surface area (Å²) in [5, 5.41) is 6.66. The molecule has 0 unspecified atom stereocenters. The number of ether oxygens (including phenoxy) is 2. The molecule has 0 spiro atoms. The van der Waals surface area contributed by atoms with Crippen molar-refractivity contribution in [2.24, 2.45) is 0 Å². The second kappa shape index (κ2) is 12.0. The molecular formula is C26H25F5N2O4S2. The van der Waals surface area contributed by atoms with Gasteiger partial charge in [0.2, 0.25) is 0 Å². The lowest BCUT2D eigenvalue weighted by molar-refractivity contribution is -0.126. The molecule has 0 atom stereocenters. The largest absolute Gasteiger partial charge is 0.433 e. The van der Waals surface area contributed by atoms with Gasteiger partial charge in [-0.05, 0) is 42.0 Å². The van der Waals surface area contributed by atoms with Gasteiger partial charge >= 0.3 is 12.8 Å². The summed E-state index contributed by atoms with van der Waals surface area (Å²) in [5.41, 5.74) is 0.871. The van der Waals surface area contributed by atoms with Crippen LogP contribution < -0.4 is 15.4 Å². The Balaban J connectivity index is 1.61. The highest BCUT2D eigenvalue weighted by atomic mass is 32.2. The lowest BCUT2D eigenvalue weighted by atomic mass is 10.1. The zero-order chi connectivity index (χ0) is 28.2. The first kappa shape index (κ1) is 28.9. The van der Waals surface area contributed by atoms with Crippen molar-refractivity contribution in [1.29, 1.82) is 0 Å². The van der Waals surface area contributed by atoms with E-state index in [1.165, 1.54) is 12.1 Å². The first-order valence-electron chi connectivity index (χ1n) is 11.9. The zero-order valence-corrected chi connectivity index (χ0v) is 22.3. The Kier molecular flexibility index (Phi) is 8.88. The highest BCUT2D eigenvalue weighted by Gasteiger charge is 2.31. The van der Waals surface area contributed by atoms with E-state index in [1.54, 1.807) is 12.1 Å². The van der Waals surface area contributed by atoms with Gasteiger partial charge in [-0.2, -0.15) is 22.0 Å². The van der Waals surface area contributed by atoms with Crippen LogP contribution in [-0.2, 0) is 21.0 Å². The molecule has 0 radical (unpaired) electrons. The van der Waals surface area contributed by atoms with Crippen LogP contribution in [0.25, 0.3) is 10.1 Å². The van der Waals surface area contributed by atoms with Gasteiger partial charge in [0.15, 0.2) is 15.6 Å². The smallest absolute Gasteiger partial charge is 0.393 e. The van der Waals surface area contributed by atoms with Gasteiger partial charge in [-0.3, -0.25) is 0 Å². The van der Waals surface area contributed by atoms with Crippen molar-refractivity contribution in [2.45, 2.75) is 43.0 Å². The van der Waals surface area contributed by atoms with E-state index in [9.17, 15) is 30.4 Å². The molecule has 6 nitrogen and oxygen atoms in total. The molecule has 3 aromatic rings. The summed E-state index contributed by atoms with van der Waals surface area (Å²) in [6.07, 6.45) is -3.09. The van der Waals surface area contributed by atoms with Crippen LogP contribution in [0, 0.1) is 11.8 Å². The minimum absolute atomic E-state index is 0.0619. The maximum absolute atomic E-state index is 13.5. The predicted octanol–water partition coefficient (Wildman–Crippen LogP) is 6.07. The van der Waals surface area contributed by atoms with Crippen LogP contribution in [0.2, 0.25) is 0 Å². The summed E-state index contributed by atoms with van der Waals surface area (Å²) >= 11 is 1.16. The van der Waals surface area contributed by atoms with Crippen LogP contribution in [0.1, 0.15) is 23.3 Å². The van der Waals surface area contributed by atoms with E-state index in [0.29, 0.717) is 23.3 Å². The first-order valence-corrected chi connectivity index (χ1v) is 14.6. The fraction of sp³-hybridized carbons (Fsp3) is 0.385. The zero-order valence-electron chi connectivity index (χ0n) is 20.7. The molecule has 1 aliphatic heterocycles. The number of rotatable bonds is 8. The summed E-state index contributed by atoms with van der Waals surface area (Å²) in [6, 6.07) is 8.79. The molecule has 1 fully saturated rings. The number of hydrogen-bond acceptors (Lipinski definition) is 7. The average molecular weight is 589 g/mol. The van der Waals surface area contributed by atoms with Crippen LogP contribution in [0.3, 0.4) is 0 Å². The summed E-state index contributed by atoms with van der Waals surface area (Å²) in [4.78, 5) is 0.0452. The molecule has 1 saturated heterocycles. The fourth-order valence-electron chi connectivity index (χ4n) is 4.16. The molecule has 39 heavy (non-hydrogen) atoms. The summed E-state index contributed by atoms with van der Waals surface area (Å²) < 4.78 is 100. The van der Waals surface area contributed by atoms with Crippen LogP contribution >= 0.6 is 11.3 Å². The van der Waals surface area contributed by atoms with Gasteiger partial charge in [0.25, 0.3) is 0 Å². The number of benzene rings is 2. The fourth-order valence-corrected chi connectivity index (χ4v) is 5.97. The van der Waals surface area contributed by atoms with Crippen molar-refractivity contribution in [1.82, 2.24) is 0 Å². The Bertz CT molecular complexity index is 1490. The third-order valence-electron chi connectivity index (χ3n) is 5.94. The summed E-state index contributed by atoms with van der Waals surface area (Å²) in [6.45, 7) is -2.09. The molecule has 210 valence electrons. The van der Waals surface area contributed by atoms with E-state index >= 15 is 0 Å². The number of hydrogen-bond donors (Lipinski definition) is 2. The van der Waals surface area contributed by atoms with Gasteiger partial charge in [0.1, 0.15) is 0 Å². The van der Waals surface area contributed by atoms with Crippen molar-refractivity contribution in [3.8, 4) is 17.6 Å². The molecule has 1 aliphatic rings. The molecule has 2 heterocycles. The third kappa shape index (κ3) is 7.74. The van der Waals surface area contributed by atoms with Crippen molar-refractivity contribution in [2.75, 3.05) is 36.6 Å². The Labute approximate surface area is 226 Å². The topological polar surface area (TPSA) is 76.7 Å². The Morgan fingerprint density at radius 3 is 2.56 bits per heavy atom. The van der Waals surface area contributed by atoms with E-state index in [-0.39, 0.29) is 33.6 Å².